The third-order valence-corrected chi connectivity index (χ3v) is 10.4. The van der Waals surface area contributed by atoms with Crippen LogP contribution in [0.3, 0.4) is 0 Å². The van der Waals surface area contributed by atoms with E-state index < -0.39 is 5.54 Å². The van der Waals surface area contributed by atoms with Crippen LogP contribution in [-0.2, 0) is 21.5 Å². The number of anilines is 1. The lowest BCUT2D eigenvalue weighted by Gasteiger charge is -2.45. The van der Waals surface area contributed by atoms with E-state index in [2.05, 4.69) is 45.4 Å². The molecule has 1 spiro atoms. The van der Waals surface area contributed by atoms with E-state index in [1.54, 1.807) is 0 Å². The third kappa shape index (κ3) is 5.77. The predicted molar refractivity (Wildman–Crippen MR) is 169 cm³/mol. The molecule has 8 heteroatoms. The number of benzene rings is 3. The first-order valence-corrected chi connectivity index (χ1v) is 15.7. The van der Waals surface area contributed by atoms with E-state index in [0.29, 0.717) is 36.2 Å². The van der Waals surface area contributed by atoms with Crippen LogP contribution < -0.4 is 10.2 Å². The molecule has 3 aliphatic heterocycles. The van der Waals surface area contributed by atoms with Crippen LogP contribution in [0.1, 0.15) is 49.7 Å². The van der Waals surface area contributed by atoms with Gasteiger partial charge in [-0.15, -0.1) is 0 Å². The van der Waals surface area contributed by atoms with Crippen molar-refractivity contribution in [3.63, 3.8) is 0 Å². The highest BCUT2D eigenvalue weighted by Gasteiger charge is 2.50. The van der Waals surface area contributed by atoms with Gasteiger partial charge in [-0.3, -0.25) is 9.59 Å². The van der Waals surface area contributed by atoms with Gasteiger partial charge in [-0.1, -0.05) is 77.8 Å². The lowest BCUT2D eigenvalue weighted by molar-refractivity contribution is -0.136. The number of carbonyl (C=O) groups excluding carboxylic acids is 2. The van der Waals surface area contributed by atoms with E-state index in [0.717, 1.165) is 68.6 Å². The van der Waals surface area contributed by atoms with Gasteiger partial charge in [0.25, 0.3) is 0 Å². The van der Waals surface area contributed by atoms with Gasteiger partial charge in [-0.05, 0) is 74.0 Å². The fourth-order valence-corrected chi connectivity index (χ4v) is 7.51. The van der Waals surface area contributed by atoms with Crippen LogP contribution >= 0.6 is 23.2 Å². The maximum atomic E-state index is 13.1. The smallest absolute Gasteiger partial charge is 0.247 e. The molecular weight excluding hydrogens is 567 g/mol. The standard InChI is InChI=1S/C34H38Cl2N4O2/c35-29-13-12-27(22-30(29)36)33(16-14-31(41)39(24-33)23-26-8-3-1-4-9-26)15-7-19-38-20-17-34(18-21-38)32(42)37-25-40(34)28-10-5-2-6-11-28/h1-6,8-13,22H,7,14-21,23-25H2,(H,37,42). The Morgan fingerprint density at radius 3 is 2.26 bits per heavy atom. The van der Waals surface area contributed by atoms with Gasteiger partial charge < -0.3 is 20.0 Å². The van der Waals surface area contributed by atoms with Crippen molar-refractivity contribution in [3.05, 3.63) is 100 Å². The van der Waals surface area contributed by atoms with Gasteiger partial charge in [0.15, 0.2) is 0 Å². The molecule has 3 aliphatic rings. The monoisotopic (exact) mass is 604 g/mol. The van der Waals surface area contributed by atoms with Crippen molar-refractivity contribution in [1.82, 2.24) is 15.1 Å². The van der Waals surface area contributed by atoms with E-state index in [9.17, 15) is 9.59 Å². The summed E-state index contributed by atoms with van der Waals surface area (Å²) < 4.78 is 0. The van der Waals surface area contributed by atoms with Gasteiger partial charge >= 0.3 is 0 Å². The van der Waals surface area contributed by atoms with Gasteiger partial charge in [-0.2, -0.15) is 0 Å². The average molecular weight is 606 g/mol. The lowest BCUT2D eigenvalue weighted by atomic mass is 9.70. The molecular formula is C34H38Cl2N4O2. The van der Waals surface area contributed by atoms with Crippen LogP contribution in [0.5, 0.6) is 0 Å². The fourth-order valence-electron chi connectivity index (χ4n) is 7.22. The molecule has 3 saturated heterocycles. The Hall–Kier alpha value is -3.06. The summed E-state index contributed by atoms with van der Waals surface area (Å²) in [6, 6.07) is 26.4. The molecule has 0 bridgehead atoms. The van der Waals surface area contributed by atoms with Gasteiger partial charge in [-0.25, -0.2) is 0 Å². The summed E-state index contributed by atoms with van der Waals surface area (Å²) in [5.41, 5.74) is 2.73. The van der Waals surface area contributed by atoms with E-state index in [1.807, 2.05) is 53.4 Å². The third-order valence-electron chi connectivity index (χ3n) is 9.63. The summed E-state index contributed by atoms with van der Waals surface area (Å²) in [6.07, 6.45) is 4.88. The molecule has 2 amide bonds. The lowest BCUT2D eigenvalue weighted by Crippen LogP contribution is -2.56. The second kappa shape index (κ2) is 12.3. The maximum absolute atomic E-state index is 13.1. The molecule has 3 aromatic rings. The molecule has 1 unspecified atom stereocenters. The van der Waals surface area contributed by atoms with Crippen molar-refractivity contribution in [2.75, 3.05) is 37.7 Å². The van der Waals surface area contributed by atoms with Crippen molar-refractivity contribution in [2.24, 2.45) is 0 Å². The highest BCUT2D eigenvalue weighted by Crippen LogP contribution is 2.42. The molecule has 3 fully saturated rings. The summed E-state index contributed by atoms with van der Waals surface area (Å²) in [4.78, 5) is 32.9. The van der Waals surface area contributed by atoms with E-state index in [-0.39, 0.29) is 17.2 Å². The number of hydrogen-bond donors (Lipinski definition) is 1. The molecule has 0 radical (unpaired) electrons. The Morgan fingerprint density at radius 2 is 1.55 bits per heavy atom. The van der Waals surface area contributed by atoms with Gasteiger partial charge in [0.2, 0.25) is 11.8 Å². The summed E-state index contributed by atoms with van der Waals surface area (Å²) in [5.74, 6) is 0.351. The van der Waals surface area contributed by atoms with Crippen LogP contribution in [0.25, 0.3) is 0 Å². The number of para-hydroxylation sites is 1. The quantitative estimate of drug-likeness (QED) is 0.329. The predicted octanol–water partition coefficient (Wildman–Crippen LogP) is 6.26. The van der Waals surface area contributed by atoms with Crippen LogP contribution in [0.2, 0.25) is 10.0 Å². The van der Waals surface area contributed by atoms with Crippen LogP contribution in [0, 0.1) is 0 Å². The van der Waals surface area contributed by atoms with E-state index in [1.165, 1.54) is 0 Å². The molecule has 0 aliphatic carbocycles. The van der Waals surface area contributed by atoms with E-state index in [4.69, 9.17) is 23.2 Å². The van der Waals surface area contributed by atoms with Gasteiger partial charge in [0, 0.05) is 43.7 Å². The number of hydrogen-bond acceptors (Lipinski definition) is 4. The minimum atomic E-state index is -0.471. The number of halogens is 2. The van der Waals surface area contributed by atoms with Gasteiger partial charge in [0.05, 0.1) is 16.7 Å². The Morgan fingerprint density at radius 1 is 0.833 bits per heavy atom. The fraction of sp³-hybridized carbons (Fsp3) is 0.412. The Balaban J connectivity index is 1.14. The first kappa shape index (κ1) is 29.0. The minimum Gasteiger partial charge on any atom is -0.339 e. The molecule has 1 atom stereocenters. The zero-order valence-corrected chi connectivity index (χ0v) is 25.4. The number of piperidine rings is 2. The number of nitrogens with zero attached hydrogens (tertiary/aromatic N) is 3. The van der Waals surface area contributed by atoms with Crippen molar-refractivity contribution < 1.29 is 9.59 Å². The normalized spacial score (nSPS) is 22.5. The Kier molecular flexibility index (Phi) is 8.49. The van der Waals surface area contributed by atoms with Crippen LogP contribution in [-0.4, -0.2) is 60.0 Å². The number of amides is 2. The van der Waals surface area contributed by atoms with Crippen molar-refractivity contribution in [3.8, 4) is 0 Å². The number of rotatable bonds is 8. The van der Waals surface area contributed by atoms with Crippen molar-refractivity contribution in [2.45, 2.75) is 56.0 Å². The minimum absolute atomic E-state index is 0.148. The second-order valence-corrected chi connectivity index (χ2v) is 12.9. The zero-order chi connectivity index (χ0) is 29.2. The summed E-state index contributed by atoms with van der Waals surface area (Å²) in [5, 5.41) is 4.20. The molecule has 1 N–H and O–H groups in total. The molecule has 42 heavy (non-hydrogen) atoms. The summed E-state index contributed by atoms with van der Waals surface area (Å²) >= 11 is 12.8. The number of likely N-dealkylation sites (tertiary alicyclic amines) is 2. The SMILES string of the molecule is O=C1CCC(CCCN2CCC3(CC2)C(=O)NCN3c2ccccc2)(c2ccc(Cl)c(Cl)c2)CN1Cc1ccccc1. The maximum Gasteiger partial charge on any atom is 0.247 e. The topological polar surface area (TPSA) is 55.9 Å². The molecule has 0 aromatic heterocycles. The molecule has 6 rings (SSSR count). The highest BCUT2D eigenvalue weighted by atomic mass is 35.5. The largest absolute Gasteiger partial charge is 0.339 e. The van der Waals surface area contributed by atoms with Crippen LogP contribution in [0.15, 0.2) is 78.9 Å². The second-order valence-electron chi connectivity index (χ2n) is 12.0. The molecule has 3 aromatic carbocycles. The highest BCUT2D eigenvalue weighted by molar-refractivity contribution is 6.42. The number of nitrogens with one attached hydrogen (secondary N) is 1. The zero-order valence-electron chi connectivity index (χ0n) is 23.9. The first-order valence-electron chi connectivity index (χ1n) is 15.0. The van der Waals surface area contributed by atoms with Crippen LogP contribution in [0.4, 0.5) is 5.69 Å². The Bertz CT molecular complexity index is 1410. The molecule has 0 saturated carbocycles. The average Bonchev–Trinajstić information content (AvgIpc) is 3.33. The van der Waals surface area contributed by atoms with Crippen molar-refractivity contribution in [1.29, 1.82) is 0 Å². The summed E-state index contributed by atoms with van der Waals surface area (Å²) in [6.45, 7) is 4.56. The van der Waals surface area contributed by atoms with Gasteiger partial charge in [0.1, 0.15) is 5.54 Å². The molecule has 6 nitrogen and oxygen atoms in total. The molecule has 220 valence electrons. The first-order chi connectivity index (χ1) is 20.4. The molecule has 3 heterocycles. The number of carbonyl (C=O) groups is 2. The summed E-state index contributed by atoms with van der Waals surface area (Å²) in [7, 11) is 0. The van der Waals surface area contributed by atoms with Crippen molar-refractivity contribution >= 4 is 40.7 Å². The Labute approximate surface area is 258 Å². The van der Waals surface area contributed by atoms with E-state index >= 15 is 0 Å².